The molecule has 1 fully saturated rings. The number of anilines is 1. The molecule has 0 radical (unpaired) electrons. The molecule has 0 unspecified atom stereocenters. The normalized spacial score (nSPS) is 14.7. The molecule has 0 bridgehead atoms. The molecule has 3 rings (SSSR count). The van der Waals surface area contributed by atoms with Gasteiger partial charge in [-0.05, 0) is 32.3 Å². The van der Waals surface area contributed by atoms with Crippen LogP contribution in [0.4, 0.5) is 5.82 Å². The van der Waals surface area contributed by atoms with Crippen LogP contribution in [0.1, 0.15) is 55.6 Å². The minimum absolute atomic E-state index is 0.120. The van der Waals surface area contributed by atoms with Crippen molar-refractivity contribution in [2.24, 2.45) is 0 Å². The van der Waals surface area contributed by atoms with E-state index >= 15 is 0 Å². The lowest BCUT2D eigenvalue weighted by Crippen LogP contribution is -2.34. The third kappa shape index (κ3) is 4.56. The fourth-order valence-corrected chi connectivity index (χ4v) is 3.22. The quantitative estimate of drug-likeness (QED) is 0.875. The maximum absolute atomic E-state index is 12.3. The average molecular weight is 338 g/mol. The van der Waals surface area contributed by atoms with Crippen LogP contribution in [0.3, 0.4) is 0 Å². The number of carbonyl (C=O) groups is 1. The molecule has 1 N–H and O–H groups in total. The van der Waals surface area contributed by atoms with E-state index in [9.17, 15) is 4.79 Å². The Morgan fingerprint density at radius 3 is 2.48 bits per heavy atom. The summed E-state index contributed by atoms with van der Waals surface area (Å²) in [6.07, 6.45) is 7.80. The summed E-state index contributed by atoms with van der Waals surface area (Å²) >= 11 is 0. The Hall–Kier alpha value is -2.43. The molecule has 25 heavy (non-hydrogen) atoms. The number of carbonyl (C=O) groups excluding carboxylic acids is 1. The molecule has 1 heterocycles. The lowest BCUT2D eigenvalue weighted by Gasteiger charge is -2.27. The van der Waals surface area contributed by atoms with Crippen LogP contribution in [0, 0.1) is 0 Å². The molecule has 0 saturated heterocycles. The van der Waals surface area contributed by atoms with Crippen LogP contribution in [-0.4, -0.2) is 28.0 Å². The Morgan fingerprint density at radius 2 is 1.88 bits per heavy atom. The molecule has 1 aromatic heterocycles. The maximum atomic E-state index is 12.3. The van der Waals surface area contributed by atoms with Crippen LogP contribution >= 0.6 is 0 Å². The number of nitrogens with zero attached hydrogens (tertiary/aromatic N) is 3. The van der Waals surface area contributed by atoms with E-state index < -0.39 is 0 Å². The van der Waals surface area contributed by atoms with Gasteiger partial charge in [-0.15, -0.1) is 0 Å². The summed E-state index contributed by atoms with van der Waals surface area (Å²) in [5.41, 5.74) is 1.61. The van der Waals surface area contributed by atoms with Gasteiger partial charge in [-0.25, -0.2) is 9.97 Å². The molecule has 1 aromatic carbocycles. The van der Waals surface area contributed by atoms with Crippen molar-refractivity contribution < 1.29 is 4.79 Å². The number of nitrogens with one attached hydrogen (secondary N) is 1. The van der Waals surface area contributed by atoms with Gasteiger partial charge in [0.2, 0.25) is 0 Å². The maximum Gasteiger partial charge on any atom is 0.271 e. The van der Waals surface area contributed by atoms with Crippen molar-refractivity contribution in [3.63, 3.8) is 0 Å². The average Bonchev–Trinajstić information content (AvgIpc) is 3.13. The van der Waals surface area contributed by atoms with Crippen LogP contribution in [0.25, 0.3) is 0 Å². The van der Waals surface area contributed by atoms with Crippen molar-refractivity contribution in [2.45, 2.75) is 58.2 Å². The molecular formula is C20H26N4O. The van der Waals surface area contributed by atoms with Crippen LogP contribution in [0.5, 0.6) is 0 Å². The highest BCUT2D eigenvalue weighted by Gasteiger charge is 2.19. The van der Waals surface area contributed by atoms with Crippen molar-refractivity contribution >= 4 is 11.7 Å². The minimum Gasteiger partial charge on any atom is -0.349 e. The van der Waals surface area contributed by atoms with Crippen molar-refractivity contribution in [3.8, 4) is 0 Å². The van der Waals surface area contributed by atoms with E-state index in [0.717, 1.165) is 25.2 Å². The van der Waals surface area contributed by atoms with E-state index in [1.54, 1.807) is 12.4 Å². The summed E-state index contributed by atoms with van der Waals surface area (Å²) in [6.45, 7) is 5.03. The van der Waals surface area contributed by atoms with Crippen molar-refractivity contribution in [1.29, 1.82) is 0 Å². The molecule has 5 nitrogen and oxygen atoms in total. The van der Waals surface area contributed by atoms with Gasteiger partial charge in [-0.1, -0.05) is 43.2 Å². The zero-order valence-corrected chi connectivity index (χ0v) is 15.0. The molecule has 2 aromatic rings. The van der Waals surface area contributed by atoms with Gasteiger partial charge in [0.05, 0.1) is 12.4 Å². The summed E-state index contributed by atoms with van der Waals surface area (Å²) in [4.78, 5) is 23.3. The molecular weight excluding hydrogens is 312 g/mol. The van der Waals surface area contributed by atoms with Crippen molar-refractivity contribution in [3.05, 3.63) is 54.0 Å². The number of benzene rings is 1. The zero-order valence-electron chi connectivity index (χ0n) is 15.0. The number of amides is 1. The van der Waals surface area contributed by atoms with E-state index in [0.29, 0.717) is 11.7 Å². The number of aromatic nitrogens is 2. The first-order valence-corrected chi connectivity index (χ1v) is 9.07. The zero-order chi connectivity index (χ0) is 17.6. The Morgan fingerprint density at radius 1 is 1.16 bits per heavy atom. The second-order valence-corrected chi connectivity index (χ2v) is 6.92. The standard InChI is InChI=1S/C20H26N4O/c1-15(2)24(14-16-8-4-3-5-9-16)19-13-21-18(12-22-19)20(25)23-17-10-6-7-11-17/h3-5,8-9,12-13,15,17H,6-7,10-11,14H2,1-2H3,(H,23,25). The van der Waals surface area contributed by atoms with Gasteiger partial charge in [-0.2, -0.15) is 0 Å². The molecule has 1 aliphatic rings. The van der Waals surface area contributed by atoms with Gasteiger partial charge in [0.25, 0.3) is 5.91 Å². The topological polar surface area (TPSA) is 58.1 Å². The number of hydrogen-bond acceptors (Lipinski definition) is 4. The lowest BCUT2D eigenvalue weighted by molar-refractivity contribution is 0.0932. The Labute approximate surface area is 149 Å². The molecule has 1 amide bonds. The van der Waals surface area contributed by atoms with Crippen molar-refractivity contribution in [1.82, 2.24) is 15.3 Å². The Balaban J connectivity index is 1.69. The van der Waals surface area contributed by atoms with Gasteiger partial charge in [0.1, 0.15) is 11.5 Å². The monoisotopic (exact) mass is 338 g/mol. The van der Waals surface area contributed by atoms with E-state index in [4.69, 9.17) is 0 Å². The van der Waals surface area contributed by atoms with E-state index in [-0.39, 0.29) is 11.9 Å². The van der Waals surface area contributed by atoms with Crippen LogP contribution in [-0.2, 0) is 6.54 Å². The number of hydrogen-bond donors (Lipinski definition) is 1. The predicted octanol–water partition coefficient (Wildman–Crippen LogP) is 3.56. The smallest absolute Gasteiger partial charge is 0.271 e. The molecule has 0 aliphatic heterocycles. The van der Waals surface area contributed by atoms with E-state index in [2.05, 4.69) is 46.2 Å². The van der Waals surface area contributed by atoms with E-state index in [1.165, 1.54) is 18.4 Å². The molecule has 1 aliphatic carbocycles. The van der Waals surface area contributed by atoms with E-state index in [1.807, 2.05) is 18.2 Å². The fraction of sp³-hybridized carbons (Fsp3) is 0.450. The summed E-state index contributed by atoms with van der Waals surface area (Å²) in [5, 5.41) is 3.05. The lowest BCUT2D eigenvalue weighted by atomic mass is 10.2. The van der Waals surface area contributed by atoms with Crippen LogP contribution < -0.4 is 10.2 Å². The van der Waals surface area contributed by atoms with Crippen LogP contribution in [0.2, 0.25) is 0 Å². The highest BCUT2D eigenvalue weighted by molar-refractivity contribution is 5.92. The Kier molecular flexibility index (Phi) is 5.64. The molecule has 1 saturated carbocycles. The van der Waals surface area contributed by atoms with Crippen LogP contribution in [0.15, 0.2) is 42.7 Å². The third-order valence-electron chi connectivity index (χ3n) is 4.67. The summed E-state index contributed by atoms with van der Waals surface area (Å²) in [5.74, 6) is 0.668. The second kappa shape index (κ2) is 8.10. The number of rotatable bonds is 6. The highest BCUT2D eigenvalue weighted by atomic mass is 16.1. The highest BCUT2D eigenvalue weighted by Crippen LogP contribution is 2.19. The van der Waals surface area contributed by atoms with Gasteiger partial charge >= 0.3 is 0 Å². The van der Waals surface area contributed by atoms with Gasteiger partial charge < -0.3 is 10.2 Å². The predicted molar refractivity (Wildman–Crippen MR) is 99.5 cm³/mol. The second-order valence-electron chi connectivity index (χ2n) is 6.92. The first-order chi connectivity index (χ1) is 12.1. The summed E-state index contributed by atoms with van der Waals surface area (Å²) < 4.78 is 0. The van der Waals surface area contributed by atoms with Gasteiger partial charge in [0, 0.05) is 18.6 Å². The Bertz CT molecular complexity index is 679. The summed E-state index contributed by atoms with van der Waals surface area (Å²) in [7, 11) is 0. The molecule has 132 valence electrons. The minimum atomic E-state index is -0.120. The summed E-state index contributed by atoms with van der Waals surface area (Å²) in [6, 6.07) is 10.9. The molecule has 5 heteroatoms. The third-order valence-corrected chi connectivity index (χ3v) is 4.67. The molecule has 0 spiro atoms. The van der Waals surface area contributed by atoms with Crippen molar-refractivity contribution in [2.75, 3.05) is 4.90 Å². The fourth-order valence-electron chi connectivity index (χ4n) is 3.22. The first kappa shape index (κ1) is 17.4. The van der Waals surface area contributed by atoms with Gasteiger partial charge in [0.15, 0.2) is 0 Å². The van der Waals surface area contributed by atoms with Gasteiger partial charge in [-0.3, -0.25) is 4.79 Å². The first-order valence-electron chi connectivity index (χ1n) is 9.07. The largest absolute Gasteiger partial charge is 0.349 e. The SMILES string of the molecule is CC(C)N(Cc1ccccc1)c1cnc(C(=O)NC2CCCC2)cn1. The molecule has 0 atom stereocenters.